The molecule has 1 aliphatic rings. The van der Waals surface area contributed by atoms with Crippen molar-refractivity contribution in [2.24, 2.45) is 5.92 Å². The normalized spacial score (nSPS) is 18.1. The summed E-state index contributed by atoms with van der Waals surface area (Å²) in [5.74, 6) is 0.778. The van der Waals surface area contributed by atoms with E-state index in [0.29, 0.717) is 35.2 Å². The van der Waals surface area contributed by atoms with Gasteiger partial charge in [-0.05, 0) is 55.3 Å². The van der Waals surface area contributed by atoms with Gasteiger partial charge in [0.15, 0.2) is 11.5 Å². The summed E-state index contributed by atoms with van der Waals surface area (Å²) >= 11 is 6.32. The molecule has 7 heteroatoms. The molecule has 3 rings (SSSR count). The Kier molecular flexibility index (Phi) is 6.87. The fourth-order valence-corrected chi connectivity index (χ4v) is 4.15. The van der Waals surface area contributed by atoms with Crippen molar-refractivity contribution in [3.05, 3.63) is 52.5 Å². The molecular weight excluding hydrogens is 394 g/mol. The number of methoxy groups -OCH3 is 3. The standard InChI is InChI=1S/C22H26ClNO5/c1-27-18-9-7-16(23)12-17(18)21(24-10-4-5-15(13-24)22(25)26)14-6-8-19(28-2)20(11-14)29-3/h6-9,11-12,15,21H,4-5,10,13H2,1-3H3,(H,25,26). The van der Waals surface area contributed by atoms with Gasteiger partial charge in [-0.25, -0.2) is 0 Å². The van der Waals surface area contributed by atoms with Gasteiger partial charge >= 0.3 is 5.97 Å². The third kappa shape index (κ3) is 4.60. The highest BCUT2D eigenvalue weighted by molar-refractivity contribution is 6.30. The molecule has 1 saturated heterocycles. The summed E-state index contributed by atoms with van der Waals surface area (Å²) in [6.45, 7) is 1.22. The summed E-state index contributed by atoms with van der Waals surface area (Å²) in [5.41, 5.74) is 1.84. The highest BCUT2D eigenvalue weighted by Gasteiger charge is 2.33. The van der Waals surface area contributed by atoms with Gasteiger partial charge in [0.25, 0.3) is 0 Å². The van der Waals surface area contributed by atoms with Crippen molar-refractivity contribution in [1.29, 1.82) is 0 Å². The number of likely N-dealkylation sites (tertiary alicyclic amines) is 1. The third-order valence-corrected chi connectivity index (χ3v) is 5.61. The van der Waals surface area contributed by atoms with E-state index in [1.165, 1.54) is 0 Å². The molecule has 0 aromatic heterocycles. The molecule has 1 N–H and O–H groups in total. The van der Waals surface area contributed by atoms with Crippen LogP contribution in [0.2, 0.25) is 5.02 Å². The minimum absolute atomic E-state index is 0.231. The third-order valence-electron chi connectivity index (χ3n) is 5.38. The van der Waals surface area contributed by atoms with Crippen LogP contribution in [0.1, 0.15) is 30.0 Å². The van der Waals surface area contributed by atoms with Crippen LogP contribution in [0.3, 0.4) is 0 Å². The second-order valence-electron chi connectivity index (χ2n) is 7.08. The largest absolute Gasteiger partial charge is 0.496 e. The maximum absolute atomic E-state index is 11.6. The lowest BCUT2D eigenvalue weighted by Crippen LogP contribution is -2.41. The fourth-order valence-electron chi connectivity index (χ4n) is 3.97. The minimum atomic E-state index is -0.765. The molecule has 29 heavy (non-hydrogen) atoms. The molecule has 0 saturated carbocycles. The summed E-state index contributed by atoms with van der Waals surface area (Å²) in [7, 11) is 4.81. The SMILES string of the molecule is COc1ccc(C(c2cc(Cl)ccc2OC)N2CCCC(C(=O)O)C2)cc1OC. The maximum Gasteiger partial charge on any atom is 0.307 e. The first-order valence-electron chi connectivity index (χ1n) is 9.50. The van der Waals surface area contributed by atoms with Crippen molar-refractivity contribution in [3.8, 4) is 17.2 Å². The number of carbonyl (C=O) groups is 1. The first-order chi connectivity index (χ1) is 14.0. The van der Waals surface area contributed by atoms with Crippen LogP contribution in [0.4, 0.5) is 0 Å². The van der Waals surface area contributed by atoms with Crippen LogP contribution >= 0.6 is 11.6 Å². The summed E-state index contributed by atoms with van der Waals surface area (Å²) < 4.78 is 16.5. The van der Waals surface area contributed by atoms with Crippen molar-refractivity contribution in [3.63, 3.8) is 0 Å². The fraction of sp³-hybridized carbons (Fsp3) is 0.409. The summed E-state index contributed by atoms with van der Waals surface area (Å²) in [4.78, 5) is 13.8. The van der Waals surface area contributed by atoms with Crippen molar-refractivity contribution in [2.45, 2.75) is 18.9 Å². The molecule has 2 unspecified atom stereocenters. The van der Waals surface area contributed by atoms with Gasteiger partial charge in [0, 0.05) is 17.1 Å². The van der Waals surface area contributed by atoms with Crippen LogP contribution in [-0.4, -0.2) is 50.4 Å². The molecule has 0 radical (unpaired) electrons. The van der Waals surface area contributed by atoms with E-state index in [2.05, 4.69) is 4.90 Å². The van der Waals surface area contributed by atoms with E-state index < -0.39 is 11.9 Å². The van der Waals surface area contributed by atoms with Crippen LogP contribution in [0, 0.1) is 5.92 Å². The zero-order valence-electron chi connectivity index (χ0n) is 16.9. The minimum Gasteiger partial charge on any atom is -0.496 e. The highest BCUT2D eigenvalue weighted by Crippen LogP contribution is 2.41. The zero-order chi connectivity index (χ0) is 21.0. The molecule has 1 heterocycles. The highest BCUT2D eigenvalue weighted by atomic mass is 35.5. The lowest BCUT2D eigenvalue weighted by molar-refractivity contribution is -0.143. The average Bonchev–Trinajstić information content (AvgIpc) is 2.74. The number of hydrogen-bond donors (Lipinski definition) is 1. The summed E-state index contributed by atoms with van der Waals surface area (Å²) in [6.07, 6.45) is 1.49. The van der Waals surface area contributed by atoms with Gasteiger partial charge in [0.1, 0.15) is 5.75 Å². The molecule has 0 amide bonds. The Morgan fingerprint density at radius 2 is 1.76 bits per heavy atom. The Hall–Kier alpha value is -2.44. The zero-order valence-corrected chi connectivity index (χ0v) is 17.6. The maximum atomic E-state index is 11.6. The molecular formula is C22H26ClNO5. The molecule has 156 valence electrons. The van der Waals surface area contributed by atoms with Gasteiger partial charge in [-0.2, -0.15) is 0 Å². The predicted octanol–water partition coefficient (Wildman–Crippen LogP) is 4.25. The second-order valence-corrected chi connectivity index (χ2v) is 7.51. The number of piperidine rings is 1. The number of carboxylic acid groups (broad SMARTS) is 1. The Morgan fingerprint density at radius 1 is 1.07 bits per heavy atom. The topological polar surface area (TPSA) is 68.2 Å². The number of nitrogens with zero attached hydrogens (tertiary/aromatic N) is 1. The molecule has 2 aromatic rings. The van der Waals surface area contributed by atoms with Crippen LogP contribution < -0.4 is 14.2 Å². The Balaban J connectivity index is 2.12. The lowest BCUT2D eigenvalue weighted by Gasteiger charge is -2.38. The van der Waals surface area contributed by atoms with E-state index in [0.717, 1.165) is 24.1 Å². The molecule has 0 aliphatic carbocycles. The molecule has 0 bridgehead atoms. The smallest absolute Gasteiger partial charge is 0.307 e. The first kappa shape index (κ1) is 21.3. The van der Waals surface area contributed by atoms with E-state index >= 15 is 0 Å². The first-order valence-corrected chi connectivity index (χ1v) is 9.88. The number of hydrogen-bond acceptors (Lipinski definition) is 5. The van der Waals surface area contributed by atoms with Crippen molar-refractivity contribution in [2.75, 3.05) is 34.4 Å². The van der Waals surface area contributed by atoms with Crippen LogP contribution in [0.25, 0.3) is 0 Å². The second kappa shape index (κ2) is 9.37. The number of ether oxygens (including phenoxy) is 3. The van der Waals surface area contributed by atoms with Gasteiger partial charge in [-0.15, -0.1) is 0 Å². The van der Waals surface area contributed by atoms with E-state index in [9.17, 15) is 9.90 Å². The number of benzene rings is 2. The van der Waals surface area contributed by atoms with Crippen molar-refractivity contribution >= 4 is 17.6 Å². The van der Waals surface area contributed by atoms with Crippen molar-refractivity contribution < 1.29 is 24.1 Å². The predicted molar refractivity (Wildman–Crippen MR) is 111 cm³/mol. The van der Waals surface area contributed by atoms with Gasteiger partial charge in [0.2, 0.25) is 0 Å². The number of aliphatic carboxylic acids is 1. The van der Waals surface area contributed by atoms with Crippen LogP contribution in [-0.2, 0) is 4.79 Å². The van der Waals surface area contributed by atoms with Gasteiger partial charge in [0.05, 0.1) is 33.3 Å². The summed E-state index contributed by atoms with van der Waals surface area (Å²) in [6, 6.07) is 11.0. The number of carboxylic acids is 1. The van der Waals surface area contributed by atoms with Gasteiger partial charge in [-0.1, -0.05) is 17.7 Å². The van der Waals surface area contributed by atoms with Crippen LogP contribution in [0.15, 0.2) is 36.4 Å². The molecule has 1 fully saturated rings. The van der Waals surface area contributed by atoms with E-state index in [-0.39, 0.29) is 6.04 Å². The Bertz CT molecular complexity index is 872. The van der Waals surface area contributed by atoms with Crippen LogP contribution in [0.5, 0.6) is 17.2 Å². The van der Waals surface area contributed by atoms with E-state index in [1.807, 2.05) is 30.3 Å². The van der Waals surface area contributed by atoms with E-state index in [1.54, 1.807) is 27.4 Å². The lowest BCUT2D eigenvalue weighted by atomic mass is 9.91. The monoisotopic (exact) mass is 419 g/mol. The molecule has 2 atom stereocenters. The molecule has 0 spiro atoms. The molecule has 2 aromatic carbocycles. The number of halogens is 1. The van der Waals surface area contributed by atoms with Gasteiger partial charge < -0.3 is 19.3 Å². The molecule has 1 aliphatic heterocycles. The molecule has 6 nitrogen and oxygen atoms in total. The van der Waals surface area contributed by atoms with Crippen molar-refractivity contribution in [1.82, 2.24) is 4.90 Å². The average molecular weight is 420 g/mol. The quantitative estimate of drug-likeness (QED) is 0.723. The van der Waals surface area contributed by atoms with Gasteiger partial charge in [-0.3, -0.25) is 9.69 Å². The number of rotatable bonds is 7. The summed E-state index contributed by atoms with van der Waals surface area (Å²) in [5, 5.41) is 10.2. The van der Waals surface area contributed by atoms with E-state index in [4.69, 9.17) is 25.8 Å². The Morgan fingerprint density at radius 3 is 2.41 bits per heavy atom. The Labute approximate surface area is 175 Å².